The van der Waals surface area contributed by atoms with Crippen LogP contribution in [0.25, 0.3) is 0 Å². The van der Waals surface area contributed by atoms with E-state index in [9.17, 15) is 4.79 Å². The molecule has 0 aromatic heterocycles. The van der Waals surface area contributed by atoms with E-state index in [-0.39, 0.29) is 17.2 Å². The molecule has 0 fully saturated rings. The third-order valence-corrected chi connectivity index (χ3v) is 3.98. The van der Waals surface area contributed by atoms with Crippen LogP contribution < -0.4 is 5.32 Å². The summed E-state index contributed by atoms with van der Waals surface area (Å²) in [5.74, 6) is 0.386. The molecule has 1 N–H and O–H groups in total. The Morgan fingerprint density at radius 3 is 2.39 bits per heavy atom. The molecule has 0 saturated heterocycles. The van der Waals surface area contributed by atoms with Crippen molar-refractivity contribution in [3.63, 3.8) is 0 Å². The summed E-state index contributed by atoms with van der Waals surface area (Å²) in [6, 6.07) is 10.5. The van der Waals surface area contributed by atoms with Gasteiger partial charge in [-0.3, -0.25) is 4.79 Å². The first-order chi connectivity index (χ1) is 8.53. The van der Waals surface area contributed by atoms with Gasteiger partial charge in [-0.25, -0.2) is 0 Å². The Kier molecular flexibility index (Phi) is 5.54. The fourth-order valence-corrected chi connectivity index (χ4v) is 2.43. The fourth-order valence-electron chi connectivity index (χ4n) is 2.43. The third kappa shape index (κ3) is 3.95. The number of rotatable bonds is 7. The van der Waals surface area contributed by atoms with Crippen molar-refractivity contribution in [3.8, 4) is 0 Å². The number of carbonyl (C=O) groups is 1. The summed E-state index contributed by atoms with van der Waals surface area (Å²) in [6.07, 6.45) is 2.89. The minimum atomic E-state index is 0.0203. The summed E-state index contributed by atoms with van der Waals surface area (Å²) in [5.41, 5.74) is 1.34. The lowest BCUT2D eigenvalue weighted by atomic mass is 9.80. The second-order valence-corrected chi connectivity index (χ2v) is 5.26. The number of likely N-dealkylation sites (N-methyl/N-ethyl adjacent to an activating group) is 1. The Bertz CT molecular complexity index is 368. The molecule has 2 heteroatoms. The van der Waals surface area contributed by atoms with Crippen LogP contribution >= 0.6 is 0 Å². The Morgan fingerprint density at radius 2 is 1.94 bits per heavy atom. The molecule has 0 radical (unpaired) electrons. The van der Waals surface area contributed by atoms with Crippen LogP contribution in [0.3, 0.4) is 0 Å². The molecule has 0 aliphatic carbocycles. The van der Waals surface area contributed by atoms with Crippen molar-refractivity contribution in [3.05, 3.63) is 35.9 Å². The van der Waals surface area contributed by atoms with Gasteiger partial charge in [-0.2, -0.15) is 0 Å². The molecule has 0 aliphatic heterocycles. The normalized spacial score (nSPS) is 16.0. The predicted molar refractivity (Wildman–Crippen MR) is 76.7 cm³/mol. The van der Waals surface area contributed by atoms with Crippen LogP contribution in [0.4, 0.5) is 0 Å². The second kappa shape index (κ2) is 6.69. The van der Waals surface area contributed by atoms with E-state index in [1.807, 2.05) is 20.0 Å². The minimum absolute atomic E-state index is 0.0203. The lowest BCUT2D eigenvalue weighted by Crippen LogP contribution is -2.46. The van der Waals surface area contributed by atoms with Crippen LogP contribution in [0.2, 0.25) is 0 Å². The van der Waals surface area contributed by atoms with Gasteiger partial charge in [0.1, 0.15) is 5.78 Å². The SMILES string of the molecule is CCC(Cc1ccccc1)(CC(C)C(C)=O)NC. The molecule has 0 saturated carbocycles. The molecule has 18 heavy (non-hydrogen) atoms. The molecule has 0 spiro atoms. The van der Waals surface area contributed by atoms with Crippen LogP contribution in [-0.2, 0) is 11.2 Å². The number of carbonyl (C=O) groups excluding carboxylic acids is 1. The van der Waals surface area contributed by atoms with E-state index in [2.05, 4.69) is 36.5 Å². The molecule has 2 unspecified atom stereocenters. The molecule has 2 nitrogen and oxygen atoms in total. The van der Waals surface area contributed by atoms with Gasteiger partial charge >= 0.3 is 0 Å². The summed E-state index contributed by atoms with van der Waals surface area (Å²) in [4.78, 5) is 11.5. The van der Waals surface area contributed by atoms with E-state index in [4.69, 9.17) is 0 Å². The minimum Gasteiger partial charge on any atom is -0.314 e. The summed E-state index contributed by atoms with van der Waals surface area (Å²) in [6.45, 7) is 5.89. The van der Waals surface area contributed by atoms with E-state index in [0.29, 0.717) is 0 Å². The summed E-state index contributed by atoms with van der Waals surface area (Å²) in [5, 5.41) is 3.45. The molecule has 0 bridgehead atoms. The fraction of sp³-hybridized carbons (Fsp3) is 0.562. The second-order valence-electron chi connectivity index (χ2n) is 5.26. The molecular weight excluding hydrogens is 222 g/mol. The number of ketones is 1. The largest absolute Gasteiger partial charge is 0.314 e. The lowest BCUT2D eigenvalue weighted by Gasteiger charge is -2.35. The maximum Gasteiger partial charge on any atom is 0.132 e. The van der Waals surface area contributed by atoms with Crippen LogP contribution in [0.5, 0.6) is 0 Å². The third-order valence-electron chi connectivity index (χ3n) is 3.98. The molecule has 1 rings (SSSR count). The number of benzene rings is 1. The summed E-state index contributed by atoms with van der Waals surface area (Å²) in [7, 11) is 2.00. The van der Waals surface area contributed by atoms with Gasteiger partial charge in [0.05, 0.1) is 0 Å². The summed E-state index contributed by atoms with van der Waals surface area (Å²) < 4.78 is 0. The number of hydrogen-bond acceptors (Lipinski definition) is 2. The van der Waals surface area contributed by atoms with E-state index >= 15 is 0 Å². The van der Waals surface area contributed by atoms with E-state index in [0.717, 1.165) is 19.3 Å². The first kappa shape index (κ1) is 14.9. The van der Waals surface area contributed by atoms with Gasteiger partial charge in [0.25, 0.3) is 0 Å². The zero-order chi connectivity index (χ0) is 13.6. The highest BCUT2D eigenvalue weighted by Crippen LogP contribution is 2.25. The Balaban J connectivity index is 2.83. The smallest absolute Gasteiger partial charge is 0.132 e. The standard InChI is InChI=1S/C16H25NO/c1-5-16(17-4,11-13(2)14(3)18)12-15-9-7-6-8-10-15/h6-10,13,17H,5,11-12H2,1-4H3. The van der Waals surface area contributed by atoms with E-state index in [1.54, 1.807) is 6.92 Å². The van der Waals surface area contributed by atoms with Gasteiger partial charge in [-0.1, -0.05) is 44.2 Å². The highest BCUT2D eigenvalue weighted by atomic mass is 16.1. The molecule has 1 aromatic carbocycles. The Morgan fingerprint density at radius 1 is 1.33 bits per heavy atom. The van der Waals surface area contributed by atoms with Gasteiger partial charge in [0.15, 0.2) is 0 Å². The molecule has 100 valence electrons. The van der Waals surface area contributed by atoms with Crippen molar-refractivity contribution in [2.45, 2.75) is 45.6 Å². The number of hydrogen-bond donors (Lipinski definition) is 1. The van der Waals surface area contributed by atoms with Crippen molar-refractivity contribution in [1.29, 1.82) is 0 Å². The van der Waals surface area contributed by atoms with Crippen molar-refractivity contribution in [1.82, 2.24) is 5.32 Å². The molecule has 0 aliphatic rings. The van der Waals surface area contributed by atoms with Crippen molar-refractivity contribution in [2.24, 2.45) is 5.92 Å². The number of Topliss-reactive ketones (excluding diaryl/α,β-unsaturated/α-hetero) is 1. The Hall–Kier alpha value is -1.15. The maximum atomic E-state index is 11.5. The van der Waals surface area contributed by atoms with E-state index in [1.165, 1.54) is 5.56 Å². The monoisotopic (exact) mass is 247 g/mol. The first-order valence-electron chi connectivity index (χ1n) is 6.76. The van der Waals surface area contributed by atoms with Gasteiger partial charge in [0, 0.05) is 11.5 Å². The Labute approximate surface area is 111 Å². The van der Waals surface area contributed by atoms with Crippen LogP contribution in [-0.4, -0.2) is 18.4 Å². The van der Waals surface area contributed by atoms with Crippen molar-refractivity contribution < 1.29 is 4.79 Å². The van der Waals surface area contributed by atoms with Gasteiger partial charge in [-0.15, -0.1) is 0 Å². The number of nitrogens with one attached hydrogen (secondary N) is 1. The quantitative estimate of drug-likeness (QED) is 0.801. The average Bonchev–Trinajstić information content (AvgIpc) is 2.38. The van der Waals surface area contributed by atoms with Crippen molar-refractivity contribution in [2.75, 3.05) is 7.05 Å². The van der Waals surface area contributed by atoms with Gasteiger partial charge < -0.3 is 5.32 Å². The highest BCUT2D eigenvalue weighted by Gasteiger charge is 2.29. The molecule has 2 atom stereocenters. The average molecular weight is 247 g/mol. The van der Waals surface area contributed by atoms with Gasteiger partial charge in [0.2, 0.25) is 0 Å². The van der Waals surface area contributed by atoms with Crippen LogP contribution in [0.1, 0.15) is 39.2 Å². The van der Waals surface area contributed by atoms with Gasteiger partial charge in [-0.05, 0) is 38.8 Å². The van der Waals surface area contributed by atoms with E-state index < -0.39 is 0 Å². The van der Waals surface area contributed by atoms with Crippen LogP contribution in [0.15, 0.2) is 30.3 Å². The zero-order valence-corrected chi connectivity index (χ0v) is 12.0. The van der Waals surface area contributed by atoms with Crippen LogP contribution in [0, 0.1) is 5.92 Å². The summed E-state index contributed by atoms with van der Waals surface area (Å²) >= 11 is 0. The van der Waals surface area contributed by atoms with Crippen molar-refractivity contribution >= 4 is 5.78 Å². The topological polar surface area (TPSA) is 29.1 Å². The lowest BCUT2D eigenvalue weighted by molar-refractivity contribution is -0.121. The molecule has 0 heterocycles. The molecular formula is C16H25NO. The zero-order valence-electron chi connectivity index (χ0n) is 12.0. The first-order valence-corrected chi connectivity index (χ1v) is 6.76. The highest BCUT2D eigenvalue weighted by molar-refractivity contribution is 5.77. The molecule has 0 amide bonds. The maximum absolute atomic E-state index is 11.5. The molecule has 1 aromatic rings. The predicted octanol–water partition coefficient (Wildman–Crippen LogP) is 3.21.